The van der Waals surface area contributed by atoms with Crippen molar-refractivity contribution < 1.29 is 9.53 Å². The molecule has 0 aliphatic carbocycles. The van der Waals surface area contributed by atoms with E-state index in [1.807, 2.05) is 63.2 Å². The maximum absolute atomic E-state index is 12.4. The lowest BCUT2D eigenvalue weighted by Crippen LogP contribution is -2.36. The molecular weight excluding hydrogens is 519 g/mol. The van der Waals surface area contributed by atoms with Crippen molar-refractivity contribution in [1.82, 2.24) is 9.88 Å². The van der Waals surface area contributed by atoms with Gasteiger partial charge in [0.15, 0.2) is 0 Å². The summed E-state index contributed by atoms with van der Waals surface area (Å²) in [6, 6.07) is 16.9. The number of carbonyl (C=O) groups is 1. The maximum atomic E-state index is 12.4. The average Bonchev–Trinajstić information content (AvgIpc) is 2.80. The fourth-order valence-electron chi connectivity index (χ4n) is 3.70. The Morgan fingerprint density at radius 3 is 2.25 bits per heavy atom. The lowest BCUT2D eigenvalue weighted by molar-refractivity contribution is 0.0305. The Bertz CT molecular complexity index is 1440. The molecule has 188 valence electrons. The first-order valence-electron chi connectivity index (χ1n) is 11.4. The summed E-state index contributed by atoms with van der Waals surface area (Å²) < 4.78 is 5.45. The summed E-state index contributed by atoms with van der Waals surface area (Å²) in [7, 11) is 1.72. The summed E-state index contributed by atoms with van der Waals surface area (Å²) in [5.41, 5.74) is 3.65. The van der Waals surface area contributed by atoms with E-state index in [9.17, 15) is 4.79 Å². The van der Waals surface area contributed by atoms with E-state index < -0.39 is 5.60 Å². The maximum Gasteiger partial charge on any atom is 0.410 e. The Balaban J connectivity index is 1.65. The molecular formula is C27H27Cl3N4O2. The first-order valence-corrected chi connectivity index (χ1v) is 12.6. The summed E-state index contributed by atoms with van der Waals surface area (Å²) >= 11 is 18.6. The van der Waals surface area contributed by atoms with Gasteiger partial charge in [-0.25, -0.2) is 9.78 Å². The number of nitrogens with one attached hydrogen (secondary N) is 2. The normalized spacial score (nSPS) is 11.5. The van der Waals surface area contributed by atoms with Gasteiger partial charge in [0.25, 0.3) is 0 Å². The van der Waals surface area contributed by atoms with E-state index in [-0.39, 0.29) is 6.09 Å². The number of fused-ring (bicyclic) bond motifs is 2. The van der Waals surface area contributed by atoms with Gasteiger partial charge in [0.2, 0.25) is 0 Å². The highest BCUT2D eigenvalue weighted by Gasteiger charge is 2.19. The fourth-order valence-corrected chi connectivity index (χ4v) is 4.17. The number of ether oxygens (including phenoxy) is 1. The van der Waals surface area contributed by atoms with Crippen molar-refractivity contribution in [3.63, 3.8) is 0 Å². The molecule has 4 rings (SSSR count). The van der Waals surface area contributed by atoms with Crippen LogP contribution in [0.1, 0.15) is 20.8 Å². The van der Waals surface area contributed by atoms with Crippen LogP contribution in [-0.2, 0) is 4.74 Å². The number of carbonyl (C=O) groups excluding carboxylic acids is 1. The standard InChI is InChI=1S/C27H27Cl3N4O2/c1-27(2,3)36-26(35)34(4)12-11-31-25-19-13-16(28)5-9-23(19)33-24-10-7-17(14-20(24)25)32-18-6-8-21(29)22(30)15-18/h5-10,13-15,32H,11-12H2,1-4H3,(H,31,33). The van der Waals surface area contributed by atoms with Gasteiger partial charge in [-0.1, -0.05) is 34.8 Å². The molecule has 0 aliphatic heterocycles. The molecule has 0 spiro atoms. The Morgan fingerprint density at radius 2 is 1.56 bits per heavy atom. The Labute approximate surface area is 225 Å². The number of halogens is 3. The van der Waals surface area contributed by atoms with Gasteiger partial charge in [0.1, 0.15) is 5.60 Å². The highest BCUT2D eigenvalue weighted by molar-refractivity contribution is 6.42. The molecule has 0 unspecified atom stereocenters. The third-order valence-electron chi connectivity index (χ3n) is 5.40. The van der Waals surface area contributed by atoms with Crippen molar-refractivity contribution in [2.45, 2.75) is 26.4 Å². The minimum atomic E-state index is -0.551. The number of anilines is 3. The van der Waals surface area contributed by atoms with Crippen LogP contribution in [0, 0.1) is 0 Å². The zero-order valence-electron chi connectivity index (χ0n) is 20.5. The van der Waals surface area contributed by atoms with Gasteiger partial charge in [-0.15, -0.1) is 0 Å². The van der Waals surface area contributed by atoms with E-state index >= 15 is 0 Å². The number of hydrogen-bond donors (Lipinski definition) is 2. The number of pyridine rings is 1. The average molecular weight is 546 g/mol. The van der Waals surface area contributed by atoms with Gasteiger partial charge in [0, 0.05) is 47.3 Å². The lowest BCUT2D eigenvalue weighted by atomic mass is 10.1. The molecule has 4 aromatic rings. The number of amides is 1. The molecule has 1 aromatic heterocycles. The lowest BCUT2D eigenvalue weighted by Gasteiger charge is -2.25. The fraction of sp³-hybridized carbons (Fsp3) is 0.259. The molecule has 1 heterocycles. The molecule has 2 N–H and O–H groups in total. The molecule has 0 saturated carbocycles. The second-order valence-corrected chi connectivity index (χ2v) is 10.7. The molecule has 0 aliphatic rings. The smallest absolute Gasteiger partial charge is 0.410 e. The van der Waals surface area contributed by atoms with Gasteiger partial charge in [-0.05, 0) is 75.4 Å². The van der Waals surface area contributed by atoms with Crippen LogP contribution in [0.3, 0.4) is 0 Å². The Hall–Kier alpha value is -2.93. The molecule has 0 saturated heterocycles. The zero-order valence-corrected chi connectivity index (χ0v) is 22.7. The third-order valence-corrected chi connectivity index (χ3v) is 6.37. The van der Waals surface area contributed by atoms with Crippen molar-refractivity contribution in [1.29, 1.82) is 0 Å². The van der Waals surface area contributed by atoms with Gasteiger partial charge in [-0.3, -0.25) is 0 Å². The predicted octanol–water partition coefficient (Wildman–Crippen LogP) is 8.37. The van der Waals surface area contributed by atoms with Crippen LogP contribution in [0.4, 0.5) is 21.9 Å². The summed E-state index contributed by atoms with van der Waals surface area (Å²) in [6.45, 7) is 6.49. The monoisotopic (exact) mass is 544 g/mol. The molecule has 0 radical (unpaired) electrons. The van der Waals surface area contributed by atoms with Crippen molar-refractivity contribution in [3.05, 3.63) is 69.7 Å². The van der Waals surface area contributed by atoms with Crippen LogP contribution in [0.5, 0.6) is 0 Å². The largest absolute Gasteiger partial charge is 0.444 e. The molecule has 9 heteroatoms. The molecule has 0 bridgehead atoms. The van der Waals surface area contributed by atoms with Crippen LogP contribution in [0.15, 0.2) is 54.6 Å². The number of likely N-dealkylation sites (N-methyl/N-ethyl adjacent to an activating group) is 1. The van der Waals surface area contributed by atoms with Crippen molar-refractivity contribution in [2.75, 3.05) is 30.8 Å². The number of rotatable bonds is 6. The van der Waals surface area contributed by atoms with Gasteiger partial charge >= 0.3 is 6.09 Å². The molecule has 0 atom stereocenters. The number of hydrogen-bond acceptors (Lipinski definition) is 5. The van der Waals surface area contributed by atoms with Crippen LogP contribution < -0.4 is 10.6 Å². The second-order valence-electron chi connectivity index (χ2n) is 9.46. The van der Waals surface area contributed by atoms with Crippen LogP contribution in [0.25, 0.3) is 21.8 Å². The highest BCUT2D eigenvalue weighted by Crippen LogP contribution is 2.35. The van der Waals surface area contributed by atoms with E-state index in [0.29, 0.717) is 28.2 Å². The summed E-state index contributed by atoms with van der Waals surface area (Å²) in [4.78, 5) is 18.7. The topological polar surface area (TPSA) is 66.5 Å². The van der Waals surface area contributed by atoms with E-state index in [4.69, 9.17) is 44.5 Å². The molecule has 0 fully saturated rings. The molecule has 3 aromatic carbocycles. The predicted molar refractivity (Wildman–Crippen MR) is 151 cm³/mol. The van der Waals surface area contributed by atoms with Crippen molar-refractivity contribution in [2.24, 2.45) is 0 Å². The zero-order chi connectivity index (χ0) is 26.0. The van der Waals surface area contributed by atoms with E-state index in [2.05, 4.69) is 10.6 Å². The van der Waals surface area contributed by atoms with Crippen LogP contribution >= 0.6 is 34.8 Å². The van der Waals surface area contributed by atoms with Crippen LogP contribution in [0.2, 0.25) is 15.1 Å². The molecule has 1 amide bonds. The van der Waals surface area contributed by atoms with E-state index in [1.54, 1.807) is 24.1 Å². The minimum absolute atomic E-state index is 0.370. The first kappa shape index (κ1) is 26.1. The van der Waals surface area contributed by atoms with Crippen LogP contribution in [-0.4, -0.2) is 41.7 Å². The van der Waals surface area contributed by atoms with Gasteiger partial charge < -0.3 is 20.3 Å². The SMILES string of the molecule is CN(CCNc1c2cc(Cl)ccc2nc2ccc(Nc3ccc(Cl)c(Cl)c3)cc12)C(=O)OC(C)(C)C. The number of aromatic nitrogens is 1. The summed E-state index contributed by atoms with van der Waals surface area (Å²) in [5, 5.41) is 10.3. The highest BCUT2D eigenvalue weighted by atomic mass is 35.5. The van der Waals surface area contributed by atoms with Gasteiger partial charge in [0.05, 0.1) is 26.8 Å². The van der Waals surface area contributed by atoms with E-state index in [1.165, 1.54) is 0 Å². The summed E-state index contributed by atoms with van der Waals surface area (Å²) in [5.74, 6) is 0. The van der Waals surface area contributed by atoms with Crippen molar-refractivity contribution in [3.8, 4) is 0 Å². The minimum Gasteiger partial charge on any atom is -0.444 e. The van der Waals surface area contributed by atoms with Crippen molar-refractivity contribution >= 4 is 79.8 Å². The summed E-state index contributed by atoms with van der Waals surface area (Å²) in [6.07, 6.45) is -0.370. The number of nitrogens with zero attached hydrogens (tertiary/aromatic N) is 2. The molecule has 36 heavy (non-hydrogen) atoms. The first-order chi connectivity index (χ1) is 17.0. The number of benzene rings is 3. The quantitative estimate of drug-likeness (QED) is 0.238. The molecule has 6 nitrogen and oxygen atoms in total. The second kappa shape index (κ2) is 10.6. The van der Waals surface area contributed by atoms with E-state index in [0.717, 1.165) is 38.9 Å². The third kappa shape index (κ3) is 6.25. The Morgan fingerprint density at radius 1 is 0.917 bits per heavy atom. The van der Waals surface area contributed by atoms with Gasteiger partial charge in [-0.2, -0.15) is 0 Å². The Kier molecular flexibility index (Phi) is 7.69.